The molecule has 6 heterocycles. The van der Waals surface area contributed by atoms with Crippen molar-refractivity contribution in [3.63, 3.8) is 0 Å². The summed E-state index contributed by atoms with van der Waals surface area (Å²) in [7, 11) is 1.38. The zero-order valence-electron chi connectivity index (χ0n) is 27.7. The van der Waals surface area contributed by atoms with E-state index in [1.807, 2.05) is 17.0 Å². The summed E-state index contributed by atoms with van der Waals surface area (Å²) in [6.07, 6.45) is 3.09. The lowest BCUT2D eigenvalue weighted by Crippen LogP contribution is -2.22. The van der Waals surface area contributed by atoms with E-state index in [9.17, 15) is 13.6 Å². The second-order valence-corrected chi connectivity index (χ2v) is 14.2. The number of hydrogen-bond acceptors (Lipinski definition) is 9. The zero-order valence-corrected chi connectivity index (χ0v) is 28.5. The number of methoxy groups -OCH3 is 1. The number of nitrogens with zero attached hydrogens (tertiary/aromatic N) is 5. The molecule has 9 nitrogen and oxygen atoms in total. The quantitative estimate of drug-likeness (QED) is 0.169. The van der Waals surface area contributed by atoms with Gasteiger partial charge in [0, 0.05) is 42.1 Å². The number of carbonyl (C=O) groups excluding carboxylic acids is 1. The number of amides is 1. The molecule has 0 bridgehead atoms. The standard InChI is InChI=1S/C38H31F3N6O3S/c1-18-45-46-37(50-18)29-26(12-7-19-5-8-21(39)9-6-19)43-33-27-4-3-15-47(27)38(48)31(33)30(29)28-16-20-13-14-42-36(35(20)51-28)44-32-22-10-11-24(40)34(49-2)23(22)17-25(32)41/h5-6,8-11,13-14,16,25,27,32H,3-4,7,12,15,17H2,1-2H3,(H,42,44)/t25-,27-,32+/m0/s1. The first-order valence-corrected chi connectivity index (χ1v) is 17.7. The summed E-state index contributed by atoms with van der Waals surface area (Å²) in [6, 6.07) is 12.3. The highest BCUT2D eigenvalue weighted by molar-refractivity contribution is 7.23. The van der Waals surface area contributed by atoms with Gasteiger partial charge in [0.15, 0.2) is 11.6 Å². The van der Waals surface area contributed by atoms with E-state index in [2.05, 4.69) is 20.5 Å². The highest BCUT2D eigenvalue weighted by Crippen LogP contribution is 2.51. The Hall–Kier alpha value is -5.30. The molecule has 1 fully saturated rings. The Morgan fingerprint density at radius 2 is 1.90 bits per heavy atom. The van der Waals surface area contributed by atoms with E-state index in [-0.39, 0.29) is 35.8 Å². The zero-order chi connectivity index (χ0) is 35.0. The summed E-state index contributed by atoms with van der Waals surface area (Å²) in [5.41, 5.74) is 5.27. The van der Waals surface area contributed by atoms with Crippen LogP contribution in [0, 0.1) is 18.6 Å². The fourth-order valence-corrected chi connectivity index (χ4v) is 9.04. The largest absolute Gasteiger partial charge is 0.493 e. The van der Waals surface area contributed by atoms with Gasteiger partial charge in [-0.15, -0.1) is 21.5 Å². The molecule has 2 aliphatic heterocycles. The Labute approximate surface area is 294 Å². The molecule has 1 aliphatic carbocycles. The van der Waals surface area contributed by atoms with Gasteiger partial charge in [0.25, 0.3) is 5.91 Å². The molecule has 2 aromatic carbocycles. The number of hydrogen-bond donors (Lipinski definition) is 1. The van der Waals surface area contributed by atoms with Crippen LogP contribution in [0.1, 0.15) is 69.3 Å². The number of benzene rings is 2. The van der Waals surface area contributed by atoms with Crippen molar-refractivity contribution in [1.29, 1.82) is 0 Å². The number of nitrogens with one attached hydrogen (secondary N) is 1. The minimum Gasteiger partial charge on any atom is -0.493 e. The summed E-state index contributed by atoms with van der Waals surface area (Å²) < 4.78 is 56.0. The lowest BCUT2D eigenvalue weighted by molar-refractivity contribution is 0.0776. The molecule has 0 radical (unpaired) electrons. The molecule has 1 saturated heterocycles. The van der Waals surface area contributed by atoms with Crippen LogP contribution in [0.15, 0.2) is 59.1 Å². The van der Waals surface area contributed by atoms with Crippen molar-refractivity contribution in [1.82, 2.24) is 25.1 Å². The van der Waals surface area contributed by atoms with Crippen molar-refractivity contribution in [3.05, 3.63) is 106 Å². The predicted molar refractivity (Wildman–Crippen MR) is 186 cm³/mol. The maximum absolute atomic E-state index is 15.6. The van der Waals surface area contributed by atoms with Crippen molar-refractivity contribution in [2.75, 3.05) is 19.0 Å². The van der Waals surface area contributed by atoms with Gasteiger partial charge in [-0.05, 0) is 72.5 Å². The monoisotopic (exact) mass is 708 g/mol. The number of thiophene rings is 1. The number of rotatable bonds is 8. The van der Waals surface area contributed by atoms with Gasteiger partial charge >= 0.3 is 0 Å². The maximum Gasteiger partial charge on any atom is 0.257 e. The van der Waals surface area contributed by atoms with Crippen molar-refractivity contribution in [2.45, 2.75) is 57.3 Å². The number of halogens is 3. The lowest BCUT2D eigenvalue weighted by atomic mass is 9.93. The Morgan fingerprint density at radius 3 is 2.69 bits per heavy atom. The average Bonchev–Trinajstić information content (AvgIpc) is 3.96. The molecule has 3 aliphatic rings. The number of aromatic nitrogens is 4. The first-order chi connectivity index (χ1) is 24.8. The van der Waals surface area contributed by atoms with Crippen molar-refractivity contribution < 1.29 is 27.1 Å². The minimum absolute atomic E-state index is 0.0101. The molecule has 0 unspecified atom stereocenters. The second kappa shape index (κ2) is 12.2. The van der Waals surface area contributed by atoms with Gasteiger partial charge in [0.05, 0.1) is 46.4 Å². The summed E-state index contributed by atoms with van der Waals surface area (Å²) in [5.74, 6) is 0.224. The van der Waals surface area contributed by atoms with E-state index in [4.69, 9.17) is 14.1 Å². The van der Waals surface area contributed by atoms with E-state index in [0.717, 1.165) is 39.1 Å². The average molecular weight is 709 g/mol. The van der Waals surface area contributed by atoms with E-state index in [1.165, 1.54) is 36.6 Å². The fraction of sp³-hybridized carbons (Fsp3) is 0.289. The highest BCUT2D eigenvalue weighted by atomic mass is 32.1. The molecule has 51 heavy (non-hydrogen) atoms. The van der Waals surface area contributed by atoms with Crippen LogP contribution in [0.2, 0.25) is 0 Å². The van der Waals surface area contributed by atoms with Crippen LogP contribution >= 0.6 is 11.3 Å². The van der Waals surface area contributed by atoms with E-state index < -0.39 is 18.0 Å². The third-order valence-corrected chi connectivity index (χ3v) is 11.3. The van der Waals surface area contributed by atoms with Gasteiger partial charge in [-0.2, -0.15) is 0 Å². The Morgan fingerprint density at radius 1 is 1.06 bits per heavy atom. The summed E-state index contributed by atoms with van der Waals surface area (Å²) in [4.78, 5) is 26.7. The second-order valence-electron chi connectivity index (χ2n) is 13.2. The van der Waals surface area contributed by atoms with Crippen LogP contribution < -0.4 is 10.1 Å². The van der Waals surface area contributed by atoms with Crippen LogP contribution in [0.4, 0.5) is 19.0 Å². The summed E-state index contributed by atoms with van der Waals surface area (Å²) >= 11 is 1.43. The van der Waals surface area contributed by atoms with Crippen molar-refractivity contribution in [3.8, 4) is 27.6 Å². The van der Waals surface area contributed by atoms with Crippen LogP contribution in [-0.4, -0.2) is 50.8 Å². The smallest absolute Gasteiger partial charge is 0.257 e. The molecular weight excluding hydrogens is 678 g/mol. The van der Waals surface area contributed by atoms with Crippen LogP contribution in [0.25, 0.3) is 32.0 Å². The third kappa shape index (κ3) is 5.16. The summed E-state index contributed by atoms with van der Waals surface area (Å²) in [6.45, 7) is 2.36. The topological polar surface area (TPSA) is 106 Å². The molecule has 4 aromatic heterocycles. The van der Waals surface area contributed by atoms with Gasteiger partial charge in [0.1, 0.15) is 17.8 Å². The van der Waals surface area contributed by atoms with Crippen LogP contribution in [0.3, 0.4) is 0 Å². The normalized spacial score (nSPS) is 19.1. The first-order valence-electron chi connectivity index (χ1n) is 16.9. The molecule has 0 saturated carbocycles. The Kier molecular flexibility index (Phi) is 7.57. The van der Waals surface area contributed by atoms with Gasteiger partial charge in [-0.1, -0.05) is 18.2 Å². The lowest BCUT2D eigenvalue weighted by Gasteiger charge is -2.18. The van der Waals surface area contributed by atoms with Crippen LogP contribution in [-0.2, 0) is 19.3 Å². The third-order valence-electron chi connectivity index (χ3n) is 10.2. The molecule has 1 amide bonds. The fourth-order valence-electron chi connectivity index (χ4n) is 7.87. The van der Waals surface area contributed by atoms with Gasteiger partial charge < -0.3 is 19.4 Å². The first kappa shape index (κ1) is 31.7. The molecule has 3 atom stereocenters. The molecule has 1 N–H and O–H groups in total. The predicted octanol–water partition coefficient (Wildman–Crippen LogP) is 8.13. The Bertz CT molecular complexity index is 2360. The van der Waals surface area contributed by atoms with Gasteiger partial charge in [-0.25, -0.2) is 18.2 Å². The van der Waals surface area contributed by atoms with Crippen molar-refractivity contribution in [2.24, 2.45) is 0 Å². The number of ether oxygens (including phenoxy) is 1. The number of fused-ring (bicyclic) bond motifs is 5. The molecule has 258 valence electrons. The van der Waals surface area contributed by atoms with Gasteiger partial charge in [-0.3, -0.25) is 9.78 Å². The molecular formula is C38H31F3N6O3S. The molecule has 13 heteroatoms. The number of pyridine rings is 2. The number of alkyl halides is 1. The molecule has 9 rings (SSSR count). The molecule has 6 aromatic rings. The number of aryl methyl sites for hydroxylation is 3. The van der Waals surface area contributed by atoms with Gasteiger partial charge in [0.2, 0.25) is 11.8 Å². The summed E-state index contributed by atoms with van der Waals surface area (Å²) in [5, 5.41) is 12.7. The maximum atomic E-state index is 15.6. The number of anilines is 1. The molecule has 0 spiro atoms. The highest BCUT2D eigenvalue weighted by Gasteiger charge is 2.45. The van der Waals surface area contributed by atoms with E-state index >= 15 is 4.39 Å². The van der Waals surface area contributed by atoms with E-state index in [0.29, 0.717) is 64.6 Å². The van der Waals surface area contributed by atoms with Crippen LogP contribution in [0.5, 0.6) is 5.75 Å². The number of carbonyl (C=O) groups is 1. The Balaban J connectivity index is 1.20. The minimum atomic E-state index is -1.34. The van der Waals surface area contributed by atoms with E-state index in [1.54, 1.807) is 31.3 Å². The van der Waals surface area contributed by atoms with Crippen molar-refractivity contribution >= 4 is 33.1 Å². The SMILES string of the molecule is COc1c(F)ccc2c1C[C@H](F)[C@@H]2Nc1nccc2cc(-c3c4c(nc(CCc5ccc(F)cc5)c3-c3nnc(C)o3)[C@@H]3CCCN3C4=O)sc12.